The average Bonchev–Trinajstić information content (AvgIpc) is 3.39. The second-order valence-corrected chi connectivity index (χ2v) is 7.98. The van der Waals surface area contributed by atoms with Gasteiger partial charge >= 0.3 is 0 Å². The van der Waals surface area contributed by atoms with Gasteiger partial charge in [0.05, 0.1) is 30.0 Å². The molecule has 0 aliphatic carbocycles. The maximum absolute atomic E-state index is 13.1. The monoisotopic (exact) mass is 396 g/mol. The van der Waals surface area contributed by atoms with Gasteiger partial charge in [-0.2, -0.15) is 0 Å². The van der Waals surface area contributed by atoms with Crippen molar-refractivity contribution in [2.24, 2.45) is 0 Å². The van der Waals surface area contributed by atoms with Crippen LogP contribution in [0.3, 0.4) is 0 Å². The first-order chi connectivity index (χ1) is 13.7. The molecule has 0 bridgehead atoms. The average molecular weight is 397 g/mol. The minimum atomic E-state index is 0.0883. The number of amides is 1. The molecule has 2 aromatic carbocycles. The predicted molar refractivity (Wildman–Crippen MR) is 112 cm³/mol. The summed E-state index contributed by atoms with van der Waals surface area (Å²) in [4.78, 5) is 19.6. The summed E-state index contributed by atoms with van der Waals surface area (Å²) in [6.07, 6.45) is 3.58. The number of methoxy groups -OCH3 is 1. The Morgan fingerprint density at radius 1 is 1.29 bits per heavy atom. The molecule has 0 spiro atoms. The molecule has 0 radical (unpaired) electrons. The molecule has 4 rings (SSSR count). The highest BCUT2D eigenvalue weighted by Gasteiger charge is 2.23. The molecule has 1 unspecified atom stereocenters. The fourth-order valence-corrected chi connectivity index (χ4v) is 4.47. The van der Waals surface area contributed by atoms with E-state index < -0.39 is 0 Å². The minimum Gasteiger partial charge on any atom is -0.497 e. The molecule has 5 nitrogen and oxygen atoms in total. The molecule has 1 aliphatic heterocycles. The van der Waals surface area contributed by atoms with Crippen LogP contribution >= 0.6 is 11.3 Å². The van der Waals surface area contributed by atoms with E-state index in [4.69, 9.17) is 14.5 Å². The third-order valence-corrected chi connectivity index (χ3v) is 6.05. The highest BCUT2D eigenvalue weighted by molar-refractivity contribution is 7.22. The van der Waals surface area contributed by atoms with Crippen LogP contribution < -0.4 is 9.64 Å². The number of rotatable bonds is 7. The van der Waals surface area contributed by atoms with Crippen molar-refractivity contribution in [3.63, 3.8) is 0 Å². The number of hydrogen-bond acceptors (Lipinski definition) is 5. The summed E-state index contributed by atoms with van der Waals surface area (Å²) < 4.78 is 12.0. The maximum Gasteiger partial charge on any atom is 0.229 e. The van der Waals surface area contributed by atoms with E-state index in [1.54, 1.807) is 12.0 Å². The van der Waals surface area contributed by atoms with Crippen molar-refractivity contribution in [3.8, 4) is 5.75 Å². The lowest BCUT2D eigenvalue weighted by Gasteiger charge is -2.21. The van der Waals surface area contributed by atoms with E-state index in [0.717, 1.165) is 52.5 Å². The first-order valence-electron chi connectivity index (χ1n) is 9.63. The van der Waals surface area contributed by atoms with Gasteiger partial charge in [0.1, 0.15) is 5.75 Å². The Morgan fingerprint density at radius 2 is 2.14 bits per heavy atom. The summed E-state index contributed by atoms with van der Waals surface area (Å²) in [6, 6.07) is 15.8. The van der Waals surface area contributed by atoms with Gasteiger partial charge in [0.25, 0.3) is 0 Å². The second-order valence-electron chi connectivity index (χ2n) is 6.97. The Bertz CT molecular complexity index is 935. The maximum atomic E-state index is 13.1. The van der Waals surface area contributed by atoms with Gasteiger partial charge in [0, 0.05) is 13.0 Å². The summed E-state index contributed by atoms with van der Waals surface area (Å²) in [5.41, 5.74) is 1.97. The van der Waals surface area contributed by atoms with Crippen molar-refractivity contribution in [2.75, 3.05) is 18.6 Å². The van der Waals surface area contributed by atoms with Gasteiger partial charge in [-0.15, -0.1) is 0 Å². The third kappa shape index (κ3) is 4.34. The molecule has 6 heteroatoms. The van der Waals surface area contributed by atoms with Gasteiger partial charge in [0.2, 0.25) is 5.91 Å². The molecule has 146 valence electrons. The molecular formula is C22H24N2O3S. The lowest BCUT2D eigenvalue weighted by atomic mass is 10.1. The van der Waals surface area contributed by atoms with E-state index in [-0.39, 0.29) is 12.0 Å². The minimum absolute atomic E-state index is 0.0883. The number of ether oxygens (including phenoxy) is 2. The van der Waals surface area contributed by atoms with Crippen LogP contribution in [0, 0.1) is 0 Å². The number of hydrogen-bond donors (Lipinski definition) is 0. The number of aromatic nitrogens is 1. The van der Waals surface area contributed by atoms with Crippen LogP contribution in [0.15, 0.2) is 48.5 Å². The Morgan fingerprint density at radius 3 is 2.89 bits per heavy atom. The second kappa shape index (κ2) is 8.71. The van der Waals surface area contributed by atoms with Crippen LogP contribution in [-0.2, 0) is 16.1 Å². The van der Waals surface area contributed by atoms with Crippen LogP contribution in [0.25, 0.3) is 10.2 Å². The SMILES string of the molecule is COc1ccc2nc(N(Cc3ccccc3)C(=O)CCC3CCCO3)sc2c1. The Kier molecular flexibility index (Phi) is 5.88. The van der Waals surface area contributed by atoms with Crippen LogP contribution in [0.5, 0.6) is 5.75 Å². The van der Waals surface area contributed by atoms with Crippen LogP contribution in [0.4, 0.5) is 5.13 Å². The quantitative estimate of drug-likeness (QED) is 0.576. The molecule has 2 heterocycles. The van der Waals surface area contributed by atoms with E-state index in [1.165, 1.54) is 11.3 Å². The summed E-state index contributed by atoms with van der Waals surface area (Å²) in [7, 11) is 1.65. The topological polar surface area (TPSA) is 51.7 Å². The van der Waals surface area contributed by atoms with Crippen molar-refractivity contribution in [1.29, 1.82) is 0 Å². The van der Waals surface area contributed by atoms with Crippen molar-refractivity contribution >= 4 is 32.6 Å². The Balaban J connectivity index is 1.58. The molecule has 1 aliphatic rings. The largest absolute Gasteiger partial charge is 0.497 e. The first kappa shape index (κ1) is 18.9. The molecule has 1 fully saturated rings. The van der Waals surface area contributed by atoms with E-state index in [1.807, 2.05) is 48.5 Å². The molecular weight excluding hydrogens is 372 g/mol. The normalized spacial score (nSPS) is 16.4. The zero-order valence-electron chi connectivity index (χ0n) is 16.0. The number of carbonyl (C=O) groups excluding carboxylic acids is 1. The third-order valence-electron chi connectivity index (χ3n) is 5.00. The molecule has 1 atom stereocenters. The van der Waals surface area contributed by atoms with Gasteiger partial charge < -0.3 is 9.47 Å². The molecule has 0 saturated carbocycles. The van der Waals surface area contributed by atoms with Crippen molar-refractivity contribution in [1.82, 2.24) is 4.98 Å². The van der Waals surface area contributed by atoms with Gasteiger partial charge in [-0.25, -0.2) is 4.98 Å². The van der Waals surface area contributed by atoms with Crippen LogP contribution in [0.1, 0.15) is 31.2 Å². The number of thiazole rings is 1. The number of fused-ring (bicyclic) bond motifs is 1. The van der Waals surface area contributed by atoms with Gasteiger partial charge in [-0.3, -0.25) is 9.69 Å². The molecule has 1 saturated heterocycles. The summed E-state index contributed by atoms with van der Waals surface area (Å²) >= 11 is 1.52. The van der Waals surface area contributed by atoms with E-state index in [2.05, 4.69) is 0 Å². The summed E-state index contributed by atoms with van der Waals surface area (Å²) in [5, 5.41) is 0.726. The lowest BCUT2D eigenvalue weighted by molar-refractivity contribution is -0.119. The fraction of sp³-hybridized carbons (Fsp3) is 0.364. The number of nitrogens with zero attached hydrogens (tertiary/aromatic N) is 2. The smallest absolute Gasteiger partial charge is 0.229 e. The molecule has 3 aromatic rings. The van der Waals surface area contributed by atoms with Crippen LogP contribution in [0.2, 0.25) is 0 Å². The van der Waals surface area contributed by atoms with E-state index in [9.17, 15) is 4.79 Å². The van der Waals surface area contributed by atoms with Crippen LogP contribution in [-0.4, -0.2) is 30.7 Å². The van der Waals surface area contributed by atoms with E-state index in [0.29, 0.717) is 13.0 Å². The Hall–Kier alpha value is -2.44. The van der Waals surface area contributed by atoms with Crippen molar-refractivity contribution < 1.29 is 14.3 Å². The highest BCUT2D eigenvalue weighted by atomic mass is 32.1. The number of anilines is 1. The number of benzene rings is 2. The van der Waals surface area contributed by atoms with Crippen molar-refractivity contribution in [3.05, 3.63) is 54.1 Å². The van der Waals surface area contributed by atoms with Gasteiger partial charge in [0.15, 0.2) is 5.13 Å². The molecule has 28 heavy (non-hydrogen) atoms. The predicted octanol–water partition coefficient (Wildman–Crippen LogP) is 4.80. The molecule has 1 aromatic heterocycles. The Labute approximate surface area is 168 Å². The first-order valence-corrected chi connectivity index (χ1v) is 10.4. The lowest BCUT2D eigenvalue weighted by Crippen LogP contribution is -2.30. The zero-order valence-corrected chi connectivity index (χ0v) is 16.8. The standard InChI is InChI=1S/C22H24N2O3S/c1-26-18-9-11-19-20(14-18)28-22(23-19)24(15-16-6-3-2-4-7-16)21(25)12-10-17-8-5-13-27-17/h2-4,6-7,9,11,14,17H,5,8,10,12-13,15H2,1H3. The van der Waals surface area contributed by atoms with Crippen molar-refractivity contribution in [2.45, 2.75) is 38.3 Å². The summed E-state index contributed by atoms with van der Waals surface area (Å²) in [5.74, 6) is 0.882. The highest BCUT2D eigenvalue weighted by Crippen LogP contribution is 2.33. The fourth-order valence-electron chi connectivity index (χ4n) is 3.46. The summed E-state index contributed by atoms with van der Waals surface area (Å²) in [6.45, 7) is 1.33. The molecule has 0 N–H and O–H groups in total. The van der Waals surface area contributed by atoms with Gasteiger partial charge in [-0.05, 0) is 43.0 Å². The number of carbonyl (C=O) groups is 1. The van der Waals surface area contributed by atoms with Gasteiger partial charge in [-0.1, -0.05) is 41.7 Å². The zero-order chi connectivity index (χ0) is 19.3. The van der Waals surface area contributed by atoms with E-state index >= 15 is 0 Å². The molecule has 1 amide bonds.